The second kappa shape index (κ2) is 10.6. The highest BCUT2D eigenvalue weighted by Crippen LogP contribution is 2.35. The van der Waals surface area contributed by atoms with Crippen LogP contribution in [0.2, 0.25) is 0 Å². The van der Waals surface area contributed by atoms with Crippen molar-refractivity contribution in [3.63, 3.8) is 0 Å². The zero-order valence-corrected chi connectivity index (χ0v) is 17.2. The Kier molecular flexibility index (Phi) is 7.62. The van der Waals surface area contributed by atoms with Gasteiger partial charge in [0, 0.05) is 13.2 Å². The first-order chi connectivity index (χ1) is 14.2. The Balaban J connectivity index is 2.09. The minimum Gasteiger partial charge on any atom is -0.492 e. The quantitative estimate of drug-likeness (QED) is 0.526. The van der Waals surface area contributed by atoms with E-state index in [1.54, 1.807) is 0 Å². The molecule has 29 heavy (non-hydrogen) atoms. The van der Waals surface area contributed by atoms with Gasteiger partial charge in [-0.15, -0.1) is 0 Å². The maximum absolute atomic E-state index is 9.80. The molecule has 3 heteroatoms. The van der Waals surface area contributed by atoms with Gasteiger partial charge in [0.25, 0.3) is 0 Å². The summed E-state index contributed by atoms with van der Waals surface area (Å²) in [4.78, 5) is 2.11. The van der Waals surface area contributed by atoms with Crippen molar-refractivity contribution < 1.29 is 9.84 Å². The van der Waals surface area contributed by atoms with Crippen LogP contribution in [0.25, 0.3) is 11.1 Å². The number of benzene rings is 3. The summed E-state index contributed by atoms with van der Waals surface area (Å²) in [5.41, 5.74) is 5.60. The number of nitrogens with zero attached hydrogens (tertiary/aromatic N) is 1. The summed E-state index contributed by atoms with van der Waals surface area (Å²) in [7, 11) is 4.08. The summed E-state index contributed by atoms with van der Waals surface area (Å²) in [6, 6.07) is 28.9. The molecule has 3 aromatic carbocycles. The van der Waals surface area contributed by atoms with Crippen molar-refractivity contribution in [1.29, 1.82) is 0 Å². The molecule has 0 aromatic heterocycles. The first-order valence-corrected chi connectivity index (χ1v) is 10.0. The zero-order chi connectivity index (χ0) is 20.5. The van der Waals surface area contributed by atoms with Crippen molar-refractivity contribution in [2.75, 3.05) is 33.9 Å². The van der Waals surface area contributed by atoms with Gasteiger partial charge >= 0.3 is 0 Å². The van der Waals surface area contributed by atoms with Gasteiger partial charge < -0.3 is 14.7 Å². The molecule has 0 heterocycles. The van der Waals surface area contributed by atoms with E-state index in [9.17, 15) is 5.11 Å². The minimum atomic E-state index is 0.0968. The van der Waals surface area contributed by atoms with Crippen LogP contribution >= 0.6 is 0 Å². The third-order valence-corrected chi connectivity index (χ3v) is 4.78. The normalized spacial score (nSPS) is 12.0. The van der Waals surface area contributed by atoms with Crippen LogP contribution in [-0.2, 0) is 0 Å². The van der Waals surface area contributed by atoms with E-state index in [1.165, 1.54) is 0 Å². The fourth-order valence-electron chi connectivity index (χ4n) is 3.37. The lowest BCUT2D eigenvalue weighted by molar-refractivity contribution is 0.261. The predicted molar refractivity (Wildman–Crippen MR) is 121 cm³/mol. The molecule has 0 spiro atoms. The number of ether oxygens (including phenoxy) is 1. The summed E-state index contributed by atoms with van der Waals surface area (Å²) in [5, 5.41) is 9.80. The lowest BCUT2D eigenvalue weighted by Crippen LogP contribution is -2.19. The Labute approximate surface area is 173 Å². The van der Waals surface area contributed by atoms with Crippen LogP contribution in [0.5, 0.6) is 5.75 Å². The summed E-state index contributed by atoms with van der Waals surface area (Å²) in [5.74, 6) is 0.856. The maximum atomic E-state index is 9.80. The lowest BCUT2D eigenvalue weighted by atomic mass is 9.88. The molecule has 0 atom stereocenters. The SMILES string of the molecule is CN(C)CCOc1cccc(/C(=C(\CCO)c2ccccc2)c2ccccc2)c1. The molecule has 0 amide bonds. The molecule has 0 unspecified atom stereocenters. The third kappa shape index (κ3) is 5.80. The molecule has 0 aliphatic carbocycles. The number of likely N-dealkylation sites (N-methyl/N-ethyl adjacent to an activating group) is 1. The van der Waals surface area contributed by atoms with Crippen LogP contribution in [-0.4, -0.2) is 43.9 Å². The number of hydrogen-bond donors (Lipinski definition) is 1. The van der Waals surface area contributed by atoms with Crippen molar-refractivity contribution in [3.05, 3.63) is 102 Å². The third-order valence-electron chi connectivity index (χ3n) is 4.78. The van der Waals surface area contributed by atoms with Gasteiger partial charge in [-0.05, 0) is 60.5 Å². The van der Waals surface area contributed by atoms with Crippen molar-refractivity contribution in [2.45, 2.75) is 6.42 Å². The largest absolute Gasteiger partial charge is 0.492 e. The Hall–Kier alpha value is -2.88. The molecule has 150 valence electrons. The van der Waals surface area contributed by atoms with Gasteiger partial charge in [-0.1, -0.05) is 72.8 Å². The fraction of sp³-hybridized carbons (Fsp3) is 0.231. The minimum absolute atomic E-state index is 0.0968. The van der Waals surface area contributed by atoms with E-state index in [0.29, 0.717) is 13.0 Å². The molecule has 1 N–H and O–H groups in total. The first kappa shape index (κ1) is 20.8. The molecule has 3 nitrogen and oxygen atoms in total. The highest BCUT2D eigenvalue weighted by atomic mass is 16.5. The van der Waals surface area contributed by atoms with Crippen molar-refractivity contribution >= 4 is 11.1 Å². The zero-order valence-electron chi connectivity index (χ0n) is 17.2. The summed E-state index contributed by atoms with van der Waals surface area (Å²) >= 11 is 0. The molecule has 0 aliphatic rings. The van der Waals surface area contributed by atoms with E-state index in [2.05, 4.69) is 41.3 Å². The van der Waals surface area contributed by atoms with Gasteiger partial charge in [0.1, 0.15) is 12.4 Å². The van der Waals surface area contributed by atoms with Crippen LogP contribution < -0.4 is 4.74 Å². The van der Waals surface area contributed by atoms with E-state index in [1.807, 2.05) is 62.6 Å². The summed E-state index contributed by atoms with van der Waals surface area (Å²) in [6.45, 7) is 1.61. The molecule has 0 aliphatic heterocycles. The molecule has 0 saturated carbocycles. The highest BCUT2D eigenvalue weighted by molar-refractivity contribution is 5.98. The van der Waals surface area contributed by atoms with Gasteiger partial charge in [0.05, 0.1) is 0 Å². The monoisotopic (exact) mass is 387 g/mol. The molecule has 0 radical (unpaired) electrons. The Bertz CT molecular complexity index is 918. The number of hydrogen-bond acceptors (Lipinski definition) is 3. The van der Waals surface area contributed by atoms with Crippen LogP contribution in [0.3, 0.4) is 0 Å². The Morgan fingerprint density at radius 2 is 1.41 bits per heavy atom. The molecule has 3 rings (SSSR count). The molecular weight excluding hydrogens is 358 g/mol. The van der Waals surface area contributed by atoms with Crippen LogP contribution in [0.15, 0.2) is 84.9 Å². The van der Waals surface area contributed by atoms with Gasteiger partial charge in [0.15, 0.2) is 0 Å². The lowest BCUT2D eigenvalue weighted by Gasteiger charge is -2.18. The second-order valence-electron chi connectivity index (χ2n) is 7.24. The van der Waals surface area contributed by atoms with Crippen LogP contribution in [0.4, 0.5) is 0 Å². The summed E-state index contributed by atoms with van der Waals surface area (Å²) < 4.78 is 5.98. The van der Waals surface area contributed by atoms with Crippen molar-refractivity contribution in [3.8, 4) is 5.75 Å². The molecular formula is C26H29NO2. The van der Waals surface area contributed by atoms with Crippen molar-refractivity contribution in [1.82, 2.24) is 4.90 Å². The van der Waals surface area contributed by atoms with Gasteiger partial charge in [-0.2, -0.15) is 0 Å². The summed E-state index contributed by atoms with van der Waals surface area (Å²) in [6.07, 6.45) is 0.583. The molecule has 3 aromatic rings. The van der Waals surface area contributed by atoms with E-state index in [0.717, 1.165) is 40.1 Å². The van der Waals surface area contributed by atoms with Gasteiger partial charge in [-0.25, -0.2) is 0 Å². The van der Waals surface area contributed by atoms with Gasteiger partial charge in [0.2, 0.25) is 0 Å². The van der Waals surface area contributed by atoms with Crippen molar-refractivity contribution in [2.24, 2.45) is 0 Å². The molecule has 0 fully saturated rings. The van der Waals surface area contributed by atoms with E-state index >= 15 is 0 Å². The van der Waals surface area contributed by atoms with E-state index < -0.39 is 0 Å². The number of aliphatic hydroxyl groups is 1. The fourth-order valence-corrected chi connectivity index (χ4v) is 3.37. The van der Waals surface area contributed by atoms with Gasteiger partial charge in [-0.3, -0.25) is 0 Å². The second-order valence-corrected chi connectivity index (χ2v) is 7.24. The smallest absolute Gasteiger partial charge is 0.119 e. The van der Waals surface area contributed by atoms with Crippen LogP contribution in [0, 0.1) is 0 Å². The Morgan fingerprint density at radius 3 is 2.03 bits per heavy atom. The molecule has 0 bridgehead atoms. The average molecular weight is 388 g/mol. The maximum Gasteiger partial charge on any atom is 0.119 e. The van der Waals surface area contributed by atoms with E-state index in [4.69, 9.17) is 4.74 Å². The number of rotatable bonds is 9. The average Bonchev–Trinajstić information content (AvgIpc) is 2.75. The first-order valence-electron chi connectivity index (χ1n) is 10.0. The number of aliphatic hydroxyl groups excluding tert-OH is 1. The standard InChI is InChI=1S/C26H29NO2/c1-27(2)17-19-29-24-15-9-14-23(20-24)26(22-12-7-4-8-13-22)25(16-18-28)21-10-5-3-6-11-21/h3-15,20,28H,16-19H2,1-2H3/b26-25+. The Morgan fingerprint density at radius 1 is 0.793 bits per heavy atom. The molecule has 0 saturated heterocycles. The highest BCUT2D eigenvalue weighted by Gasteiger charge is 2.14. The topological polar surface area (TPSA) is 32.7 Å². The van der Waals surface area contributed by atoms with Crippen LogP contribution in [0.1, 0.15) is 23.1 Å². The van der Waals surface area contributed by atoms with E-state index in [-0.39, 0.29) is 6.61 Å². The predicted octanol–water partition coefficient (Wildman–Crippen LogP) is 4.97.